The second kappa shape index (κ2) is 16.9. The molecular formula is C45H36N8O5S2. The Morgan fingerprint density at radius 3 is 1.75 bits per heavy atom. The topological polar surface area (TPSA) is 160 Å². The minimum atomic E-state index is -0.947. The summed E-state index contributed by atoms with van der Waals surface area (Å²) in [4.78, 5) is 22.2. The van der Waals surface area contributed by atoms with E-state index in [1.54, 1.807) is 54.0 Å². The lowest BCUT2D eigenvalue weighted by molar-refractivity contribution is 0.0697. The molecule has 0 bridgehead atoms. The van der Waals surface area contributed by atoms with Crippen molar-refractivity contribution in [1.82, 2.24) is 29.2 Å². The maximum absolute atomic E-state index is 11.0. The molecule has 0 aliphatic carbocycles. The van der Waals surface area contributed by atoms with E-state index in [-0.39, 0.29) is 12.2 Å². The molecule has 60 heavy (non-hydrogen) atoms. The highest BCUT2D eigenvalue weighted by molar-refractivity contribution is 7.22. The number of hydrogen-bond acceptors (Lipinski definition) is 12. The number of hydrogen-bond donors (Lipinski definition) is 4. The largest absolute Gasteiger partial charge is 0.493 e. The van der Waals surface area contributed by atoms with E-state index < -0.39 is 5.97 Å². The Morgan fingerprint density at radius 1 is 0.667 bits per heavy atom. The molecular weight excluding hydrogens is 797 g/mol. The number of nitrogens with zero attached hydrogens (tertiary/aromatic N) is 6. The van der Waals surface area contributed by atoms with Gasteiger partial charge in [0.2, 0.25) is 0 Å². The second-order valence-electron chi connectivity index (χ2n) is 13.5. The Hall–Kier alpha value is -7.33. The zero-order valence-corrected chi connectivity index (χ0v) is 33.7. The van der Waals surface area contributed by atoms with Gasteiger partial charge in [-0.3, -0.25) is 0 Å². The lowest BCUT2D eigenvalue weighted by Crippen LogP contribution is -2.03. The fourth-order valence-electron chi connectivity index (χ4n) is 6.54. The summed E-state index contributed by atoms with van der Waals surface area (Å²) in [5, 5.41) is 36.3. The molecule has 0 aliphatic heterocycles. The number of nitrogens with one attached hydrogen (secondary N) is 2. The minimum Gasteiger partial charge on any atom is -0.493 e. The van der Waals surface area contributed by atoms with Crippen molar-refractivity contribution >= 4 is 83.1 Å². The number of anilines is 4. The Bertz CT molecular complexity index is 3050. The molecule has 0 spiro atoms. The zero-order chi connectivity index (χ0) is 41.0. The maximum atomic E-state index is 11.0. The Morgan fingerprint density at radius 2 is 1.22 bits per heavy atom. The van der Waals surface area contributed by atoms with Crippen LogP contribution in [0.5, 0.6) is 11.5 Å². The number of aliphatic hydroxyl groups excluding tert-OH is 1. The van der Waals surface area contributed by atoms with E-state index in [1.807, 2.05) is 82.1 Å². The van der Waals surface area contributed by atoms with Gasteiger partial charge in [-0.2, -0.15) is 0 Å². The number of carboxylic acid groups (broad SMARTS) is 1. The van der Waals surface area contributed by atoms with E-state index in [2.05, 4.69) is 68.2 Å². The van der Waals surface area contributed by atoms with Crippen LogP contribution in [0.4, 0.5) is 23.0 Å². The smallest absolute Gasteiger partial charge is 0.335 e. The van der Waals surface area contributed by atoms with Crippen LogP contribution in [0.15, 0.2) is 140 Å². The normalized spacial score (nSPS) is 11.2. The third-order valence-corrected chi connectivity index (χ3v) is 11.8. The summed E-state index contributed by atoms with van der Waals surface area (Å²) < 4.78 is 17.3. The maximum Gasteiger partial charge on any atom is 0.335 e. The van der Waals surface area contributed by atoms with Gasteiger partial charge >= 0.3 is 5.97 Å². The number of benzene rings is 4. The quantitative estimate of drug-likeness (QED) is 0.0868. The van der Waals surface area contributed by atoms with Gasteiger partial charge in [-0.15, -0.1) is 32.9 Å². The van der Waals surface area contributed by atoms with E-state index in [1.165, 1.54) is 20.2 Å². The third kappa shape index (κ3) is 8.04. The van der Waals surface area contributed by atoms with E-state index in [0.29, 0.717) is 36.2 Å². The molecule has 298 valence electrons. The Kier molecular flexibility index (Phi) is 10.7. The van der Waals surface area contributed by atoms with Gasteiger partial charge in [0.15, 0.2) is 34.4 Å². The molecule has 15 heteroatoms. The Labute approximate surface area is 350 Å². The number of thiophene rings is 2. The van der Waals surface area contributed by atoms with E-state index in [4.69, 9.17) is 24.8 Å². The third-order valence-electron chi connectivity index (χ3n) is 9.48. The molecule has 0 unspecified atom stereocenters. The molecule has 6 aromatic heterocycles. The van der Waals surface area contributed by atoms with Gasteiger partial charge in [0, 0.05) is 39.9 Å². The highest BCUT2D eigenvalue weighted by atomic mass is 32.1. The standard InChI is InChI=1S/C24H22N4O3S.C21H14N4O2S/c1-30-20-14-17(7-8-19(20)31-12-4-11-29)26-23-9-10-24-25-15-18(28(24)27-23)22-13-16-5-2-3-6-21(16)32-22;26-21(27)13-5-7-15(8-6-13)23-19-9-10-20-22-12-16(25(20)24-19)18-11-14-3-1-2-4-17(14)28-18/h2-3,5-10,13-15,29H,4,11-12H2,1H3,(H,26,27);1-12H,(H,23,24)(H,26,27). The number of carboxylic acids is 1. The number of aliphatic hydroxyl groups is 1. The Balaban J connectivity index is 0.000000155. The molecule has 10 rings (SSSR count). The lowest BCUT2D eigenvalue weighted by Gasteiger charge is -2.13. The molecule has 13 nitrogen and oxygen atoms in total. The van der Waals surface area contributed by atoms with Crippen molar-refractivity contribution in [2.45, 2.75) is 6.42 Å². The molecule has 4 aromatic carbocycles. The number of ether oxygens (including phenoxy) is 2. The van der Waals surface area contributed by atoms with Crippen LogP contribution in [0.25, 0.3) is 52.6 Å². The highest BCUT2D eigenvalue weighted by Gasteiger charge is 2.14. The number of fused-ring (bicyclic) bond motifs is 4. The molecule has 0 aliphatic rings. The number of carbonyl (C=O) groups is 1. The van der Waals surface area contributed by atoms with Gasteiger partial charge < -0.3 is 30.3 Å². The van der Waals surface area contributed by atoms with Crippen LogP contribution in [0.1, 0.15) is 16.8 Å². The molecule has 0 saturated carbocycles. The molecule has 4 N–H and O–H groups in total. The fourth-order valence-corrected chi connectivity index (χ4v) is 8.65. The molecule has 0 fully saturated rings. The number of aromatic nitrogens is 6. The van der Waals surface area contributed by atoms with Crippen molar-refractivity contribution in [2.75, 3.05) is 31.0 Å². The summed E-state index contributed by atoms with van der Waals surface area (Å²) in [6, 6.07) is 40.7. The van der Waals surface area contributed by atoms with E-state index in [0.717, 1.165) is 43.8 Å². The first-order chi connectivity index (χ1) is 29.4. The van der Waals surface area contributed by atoms with Gasteiger partial charge in [-0.25, -0.2) is 23.8 Å². The first-order valence-electron chi connectivity index (χ1n) is 18.9. The van der Waals surface area contributed by atoms with Crippen LogP contribution in [0, 0.1) is 0 Å². The summed E-state index contributed by atoms with van der Waals surface area (Å²) >= 11 is 3.43. The number of imidazole rings is 2. The molecule has 10 aromatic rings. The van der Waals surface area contributed by atoms with Crippen LogP contribution in [0.3, 0.4) is 0 Å². The first-order valence-corrected chi connectivity index (χ1v) is 20.5. The van der Waals surface area contributed by atoms with Crippen molar-refractivity contribution in [3.8, 4) is 32.6 Å². The second-order valence-corrected chi connectivity index (χ2v) is 15.7. The van der Waals surface area contributed by atoms with Crippen molar-refractivity contribution in [3.05, 3.63) is 145 Å². The van der Waals surface area contributed by atoms with Crippen LogP contribution in [-0.2, 0) is 0 Å². The fraction of sp³-hybridized carbons (Fsp3) is 0.0889. The van der Waals surface area contributed by atoms with Gasteiger partial charge in [-0.05, 0) is 95.7 Å². The van der Waals surface area contributed by atoms with Crippen molar-refractivity contribution < 1.29 is 24.5 Å². The van der Waals surface area contributed by atoms with Gasteiger partial charge in [-0.1, -0.05) is 36.4 Å². The molecule has 0 radical (unpaired) electrons. The van der Waals surface area contributed by atoms with Crippen molar-refractivity contribution in [2.24, 2.45) is 0 Å². The zero-order valence-electron chi connectivity index (χ0n) is 32.0. The van der Waals surface area contributed by atoms with E-state index in [9.17, 15) is 4.79 Å². The summed E-state index contributed by atoms with van der Waals surface area (Å²) in [6.07, 6.45) is 4.26. The molecule has 0 saturated heterocycles. The molecule has 6 heterocycles. The SMILES string of the molecule is COc1cc(Nc2ccc3ncc(-c4cc5ccccc5s4)n3n2)ccc1OCCCO.O=C(O)c1ccc(Nc2ccc3ncc(-c4cc5ccccc5s4)n3n2)cc1. The summed E-state index contributed by atoms with van der Waals surface area (Å²) in [7, 11) is 1.60. The summed E-state index contributed by atoms with van der Waals surface area (Å²) in [6.45, 7) is 0.521. The van der Waals surface area contributed by atoms with Crippen molar-refractivity contribution in [1.29, 1.82) is 0 Å². The number of rotatable bonds is 12. The van der Waals surface area contributed by atoms with Crippen LogP contribution in [0.2, 0.25) is 0 Å². The van der Waals surface area contributed by atoms with Crippen LogP contribution >= 0.6 is 22.7 Å². The predicted molar refractivity (Wildman–Crippen MR) is 238 cm³/mol. The van der Waals surface area contributed by atoms with Crippen LogP contribution in [-0.4, -0.2) is 65.7 Å². The summed E-state index contributed by atoms with van der Waals surface area (Å²) in [5.41, 5.74) is 5.27. The van der Waals surface area contributed by atoms with Gasteiger partial charge in [0.05, 0.1) is 41.4 Å². The first kappa shape index (κ1) is 38.2. The van der Waals surface area contributed by atoms with Gasteiger partial charge in [0.1, 0.15) is 11.4 Å². The van der Waals surface area contributed by atoms with Crippen molar-refractivity contribution in [3.63, 3.8) is 0 Å². The monoisotopic (exact) mass is 832 g/mol. The highest BCUT2D eigenvalue weighted by Crippen LogP contribution is 2.36. The van der Waals surface area contributed by atoms with E-state index >= 15 is 0 Å². The average Bonchev–Trinajstić information content (AvgIpc) is 4.09. The number of aromatic carboxylic acids is 1. The predicted octanol–water partition coefficient (Wildman–Crippen LogP) is 10.2. The summed E-state index contributed by atoms with van der Waals surface area (Å²) in [5.74, 6) is 1.64. The molecule has 0 amide bonds. The minimum absolute atomic E-state index is 0.0911. The van der Waals surface area contributed by atoms with Crippen LogP contribution < -0.4 is 20.1 Å². The molecule has 0 atom stereocenters. The lowest BCUT2D eigenvalue weighted by atomic mass is 10.2. The number of methoxy groups -OCH3 is 1. The average molecular weight is 833 g/mol. The van der Waals surface area contributed by atoms with Gasteiger partial charge in [0.25, 0.3) is 0 Å².